The Bertz CT molecular complexity index is 868. The molecule has 0 atom stereocenters. The lowest BCUT2D eigenvalue weighted by atomic mass is 10.0. The van der Waals surface area contributed by atoms with E-state index in [-0.39, 0.29) is 17.9 Å². The number of alkyl halides is 2. The van der Waals surface area contributed by atoms with Gasteiger partial charge in [0.15, 0.2) is 17.5 Å². The topological polar surface area (TPSA) is 29.9 Å². The van der Waals surface area contributed by atoms with Crippen LogP contribution in [0, 0.1) is 17.5 Å². The molecule has 130 valence electrons. The molecule has 0 aliphatic carbocycles. The first-order chi connectivity index (χ1) is 12.0. The first-order valence-electron chi connectivity index (χ1n) is 7.25. The minimum atomic E-state index is -2.73. The van der Waals surface area contributed by atoms with Crippen LogP contribution in [0.1, 0.15) is 12.4 Å². The first-order valence-corrected chi connectivity index (χ1v) is 7.25. The quantitative estimate of drug-likeness (QED) is 0.518. The summed E-state index contributed by atoms with van der Waals surface area (Å²) in [4.78, 5) is 3.85. The smallest absolute Gasteiger partial charge is 0.319 e. The van der Waals surface area contributed by atoms with Gasteiger partial charge in [0.2, 0.25) is 0 Å². The SMILES string of the molecule is Fc1cc(-c2ccccc2NCc2nccn2C(F)F)cc(F)c1F. The zero-order valence-electron chi connectivity index (χ0n) is 12.7. The van der Waals surface area contributed by atoms with E-state index in [2.05, 4.69) is 10.3 Å². The number of benzene rings is 2. The van der Waals surface area contributed by atoms with Gasteiger partial charge < -0.3 is 5.32 Å². The molecule has 0 saturated heterocycles. The van der Waals surface area contributed by atoms with Crippen LogP contribution in [0.15, 0.2) is 48.8 Å². The highest BCUT2D eigenvalue weighted by molar-refractivity contribution is 5.77. The molecule has 0 aliphatic rings. The molecule has 1 aromatic heterocycles. The van der Waals surface area contributed by atoms with Crippen LogP contribution in [-0.4, -0.2) is 9.55 Å². The predicted octanol–water partition coefficient (Wildman–Crippen LogP) is 4.97. The lowest BCUT2D eigenvalue weighted by molar-refractivity contribution is 0.0673. The average molecular weight is 353 g/mol. The van der Waals surface area contributed by atoms with Gasteiger partial charge in [-0.3, -0.25) is 4.57 Å². The number of anilines is 1. The number of halogens is 5. The van der Waals surface area contributed by atoms with Crippen molar-refractivity contribution in [3.63, 3.8) is 0 Å². The summed E-state index contributed by atoms with van der Waals surface area (Å²) in [5.74, 6) is -4.06. The summed E-state index contributed by atoms with van der Waals surface area (Å²) in [6.45, 7) is -2.75. The fraction of sp³-hybridized carbons (Fsp3) is 0.118. The summed E-state index contributed by atoms with van der Waals surface area (Å²) >= 11 is 0. The molecule has 0 saturated carbocycles. The number of hydrogen-bond donors (Lipinski definition) is 1. The summed E-state index contributed by atoms with van der Waals surface area (Å²) in [5, 5.41) is 2.91. The molecular formula is C17H12F5N3. The highest BCUT2D eigenvalue weighted by Crippen LogP contribution is 2.30. The van der Waals surface area contributed by atoms with E-state index < -0.39 is 24.0 Å². The summed E-state index contributed by atoms with van der Waals surface area (Å²) < 4.78 is 66.5. The molecule has 1 heterocycles. The van der Waals surface area contributed by atoms with Crippen molar-refractivity contribution < 1.29 is 22.0 Å². The predicted molar refractivity (Wildman–Crippen MR) is 82.6 cm³/mol. The molecule has 0 amide bonds. The van der Waals surface area contributed by atoms with Gasteiger partial charge in [0, 0.05) is 23.6 Å². The van der Waals surface area contributed by atoms with Crippen LogP contribution in [0.3, 0.4) is 0 Å². The minimum absolute atomic E-state index is 0.0273. The molecule has 2 aromatic carbocycles. The van der Waals surface area contributed by atoms with Crippen molar-refractivity contribution in [2.75, 3.05) is 5.32 Å². The second-order valence-corrected chi connectivity index (χ2v) is 5.18. The third kappa shape index (κ3) is 3.47. The van der Waals surface area contributed by atoms with E-state index in [0.717, 1.165) is 18.3 Å². The van der Waals surface area contributed by atoms with E-state index in [1.54, 1.807) is 24.3 Å². The molecule has 3 rings (SSSR count). The Hall–Kier alpha value is -2.90. The Morgan fingerprint density at radius 2 is 1.72 bits per heavy atom. The molecule has 3 aromatic rings. The third-order valence-corrected chi connectivity index (χ3v) is 3.62. The number of nitrogens with one attached hydrogen (secondary N) is 1. The van der Waals surface area contributed by atoms with E-state index in [1.807, 2.05) is 0 Å². The van der Waals surface area contributed by atoms with Crippen molar-refractivity contribution in [3.8, 4) is 11.1 Å². The summed E-state index contributed by atoms with van der Waals surface area (Å²) in [5.41, 5.74) is 0.962. The van der Waals surface area contributed by atoms with E-state index in [4.69, 9.17) is 0 Å². The molecular weight excluding hydrogens is 341 g/mol. The van der Waals surface area contributed by atoms with Gasteiger partial charge in [-0.05, 0) is 23.8 Å². The van der Waals surface area contributed by atoms with Crippen molar-refractivity contribution in [2.45, 2.75) is 13.1 Å². The Morgan fingerprint density at radius 1 is 1.04 bits per heavy atom. The van der Waals surface area contributed by atoms with Crippen molar-refractivity contribution in [3.05, 3.63) is 72.1 Å². The standard InChI is InChI=1S/C17H12F5N3/c18-12-7-10(8-13(19)16(12)20)11-3-1-2-4-14(11)24-9-15-23-5-6-25(15)17(21)22/h1-8,17,24H,9H2. The van der Waals surface area contributed by atoms with E-state index in [1.165, 1.54) is 6.20 Å². The van der Waals surface area contributed by atoms with Crippen LogP contribution in [0.25, 0.3) is 11.1 Å². The zero-order chi connectivity index (χ0) is 18.0. The Labute approximate surface area is 139 Å². The largest absolute Gasteiger partial charge is 0.377 e. The Morgan fingerprint density at radius 3 is 2.40 bits per heavy atom. The summed E-state index contributed by atoms with van der Waals surface area (Å²) in [7, 11) is 0. The van der Waals surface area contributed by atoms with Gasteiger partial charge in [0.05, 0.1) is 6.54 Å². The first kappa shape index (κ1) is 16.9. The number of para-hydroxylation sites is 1. The maximum Gasteiger partial charge on any atom is 0.319 e. The molecule has 0 unspecified atom stereocenters. The van der Waals surface area contributed by atoms with E-state index in [9.17, 15) is 22.0 Å². The van der Waals surface area contributed by atoms with Gasteiger partial charge in [-0.15, -0.1) is 0 Å². The molecule has 0 aliphatic heterocycles. The van der Waals surface area contributed by atoms with Crippen molar-refractivity contribution in [1.29, 1.82) is 0 Å². The van der Waals surface area contributed by atoms with Crippen LogP contribution in [0.4, 0.5) is 27.6 Å². The Balaban J connectivity index is 1.90. The minimum Gasteiger partial charge on any atom is -0.377 e. The molecule has 3 nitrogen and oxygen atoms in total. The molecule has 0 fully saturated rings. The molecule has 8 heteroatoms. The van der Waals surface area contributed by atoms with Gasteiger partial charge in [-0.1, -0.05) is 18.2 Å². The Kier molecular flexibility index (Phi) is 4.69. The second kappa shape index (κ2) is 6.92. The lowest BCUT2D eigenvalue weighted by Crippen LogP contribution is -2.09. The lowest BCUT2D eigenvalue weighted by Gasteiger charge is -2.13. The highest BCUT2D eigenvalue weighted by Gasteiger charge is 2.15. The maximum absolute atomic E-state index is 13.5. The zero-order valence-corrected chi connectivity index (χ0v) is 12.7. The van der Waals surface area contributed by atoms with E-state index >= 15 is 0 Å². The van der Waals surface area contributed by atoms with Crippen LogP contribution >= 0.6 is 0 Å². The van der Waals surface area contributed by atoms with Crippen LogP contribution in [-0.2, 0) is 6.54 Å². The number of hydrogen-bond acceptors (Lipinski definition) is 2. The normalized spacial score (nSPS) is 11.1. The third-order valence-electron chi connectivity index (χ3n) is 3.62. The average Bonchev–Trinajstić information content (AvgIpc) is 3.06. The number of nitrogens with zero attached hydrogens (tertiary/aromatic N) is 2. The van der Waals surface area contributed by atoms with Crippen LogP contribution < -0.4 is 5.32 Å². The molecule has 0 bridgehead atoms. The molecule has 0 spiro atoms. The number of rotatable bonds is 5. The van der Waals surface area contributed by atoms with Crippen molar-refractivity contribution >= 4 is 5.69 Å². The monoisotopic (exact) mass is 353 g/mol. The van der Waals surface area contributed by atoms with E-state index in [0.29, 0.717) is 15.8 Å². The van der Waals surface area contributed by atoms with Gasteiger partial charge >= 0.3 is 6.55 Å². The number of aromatic nitrogens is 2. The molecule has 1 N–H and O–H groups in total. The van der Waals surface area contributed by atoms with Crippen molar-refractivity contribution in [1.82, 2.24) is 9.55 Å². The summed E-state index contributed by atoms with van der Waals surface area (Å²) in [6.07, 6.45) is 2.40. The van der Waals surface area contributed by atoms with Crippen LogP contribution in [0.5, 0.6) is 0 Å². The van der Waals surface area contributed by atoms with Gasteiger partial charge in [0.1, 0.15) is 5.82 Å². The van der Waals surface area contributed by atoms with Gasteiger partial charge in [0.25, 0.3) is 0 Å². The number of imidazole rings is 1. The summed E-state index contributed by atoms with van der Waals surface area (Å²) in [6, 6.07) is 8.25. The molecule has 25 heavy (non-hydrogen) atoms. The second-order valence-electron chi connectivity index (χ2n) is 5.18. The van der Waals surface area contributed by atoms with Gasteiger partial charge in [-0.25, -0.2) is 18.2 Å². The van der Waals surface area contributed by atoms with Crippen molar-refractivity contribution in [2.24, 2.45) is 0 Å². The maximum atomic E-state index is 13.5. The van der Waals surface area contributed by atoms with Gasteiger partial charge in [-0.2, -0.15) is 8.78 Å². The molecule has 0 radical (unpaired) electrons. The fourth-order valence-corrected chi connectivity index (χ4v) is 2.43. The highest BCUT2D eigenvalue weighted by atomic mass is 19.3. The van der Waals surface area contributed by atoms with Crippen LogP contribution in [0.2, 0.25) is 0 Å². The fourth-order valence-electron chi connectivity index (χ4n) is 2.43.